The van der Waals surface area contributed by atoms with Crippen LogP contribution in [-0.4, -0.2) is 62.6 Å². The molecule has 0 unspecified atom stereocenters. The summed E-state index contributed by atoms with van der Waals surface area (Å²) in [5.41, 5.74) is 1.03. The summed E-state index contributed by atoms with van der Waals surface area (Å²) in [4.78, 5) is 17.7. The lowest BCUT2D eigenvalue weighted by molar-refractivity contribution is -0.130. The maximum absolute atomic E-state index is 11.6. The number of guanidine groups is 1. The summed E-state index contributed by atoms with van der Waals surface area (Å²) in [6, 6.07) is 7.67. The molecule has 1 rings (SSSR count). The van der Waals surface area contributed by atoms with E-state index < -0.39 is 0 Å². The second kappa shape index (κ2) is 14.1. The molecule has 0 spiro atoms. The first-order chi connectivity index (χ1) is 11.6. The third-order valence-electron chi connectivity index (χ3n) is 3.12. The molecule has 0 bridgehead atoms. The number of carbonyl (C=O) groups excluding carboxylic acids is 1. The number of carbonyl (C=O) groups is 1. The van der Waals surface area contributed by atoms with Crippen molar-refractivity contribution in [3.8, 4) is 5.75 Å². The van der Waals surface area contributed by atoms with Crippen molar-refractivity contribution in [3.63, 3.8) is 0 Å². The minimum atomic E-state index is -0.0640. The normalized spacial score (nSPS) is 10.6. The Labute approximate surface area is 172 Å². The summed E-state index contributed by atoms with van der Waals surface area (Å²) < 4.78 is 5.53. The number of aliphatic imine (C=N–C) groups is 1. The van der Waals surface area contributed by atoms with E-state index >= 15 is 0 Å². The summed E-state index contributed by atoms with van der Waals surface area (Å²) in [5, 5.41) is 6.52. The van der Waals surface area contributed by atoms with Crippen molar-refractivity contribution < 1.29 is 9.53 Å². The Morgan fingerprint density at radius 3 is 2.72 bits per heavy atom. The maximum atomic E-state index is 11.6. The number of amides is 1. The molecule has 142 valence electrons. The number of ether oxygens (including phenoxy) is 1. The second-order valence-electron chi connectivity index (χ2n) is 5.34. The average Bonchev–Trinajstić information content (AvgIpc) is 2.58. The Hall–Kier alpha value is -1.16. The van der Waals surface area contributed by atoms with E-state index in [4.69, 9.17) is 4.74 Å². The molecule has 8 heteroatoms. The van der Waals surface area contributed by atoms with Crippen molar-refractivity contribution in [1.82, 2.24) is 15.5 Å². The highest BCUT2D eigenvalue weighted by molar-refractivity contribution is 14.0. The largest absolute Gasteiger partial charge is 0.484 e. The molecule has 2 N–H and O–H groups in total. The number of hydrogen-bond donors (Lipinski definition) is 2. The Kier molecular flexibility index (Phi) is 13.4. The molecule has 0 aliphatic carbocycles. The first-order valence-electron chi connectivity index (χ1n) is 7.99. The number of rotatable bonds is 9. The van der Waals surface area contributed by atoms with Gasteiger partial charge in [-0.05, 0) is 30.9 Å². The molecule has 0 fully saturated rings. The third-order valence-corrected chi connectivity index (χ3v) is 3.73. The summed E-state index contributed by atoms with van der Waals surface area (Å²) >= 11 is 1.80. The summed E-state index contributed by atoms with van der Waals surface area (Å²) in [7, 11) is 3.42. The molecule has 25 heavy (non-hydrogen) atoms. The molecule has 0 aliphatic rings. The number of hydrogen-bond acceptors (Lipinski definition) is 4. The minimum Gasteiger partial charge on any atom is -0.484 e. The highest BCUT2D eigenvalue weighted by Gasteiger charge is 2.05. The quantitative estimate of drug-likeness (QED) is 0.246. The van der Waals surface area contributed by atoms with Crippen LogP contribution in [0.15, 0.2) is 29.3 Å². The van der Waals surface area contributed by atoms with Gasteiger partial charge < -0.3 is 20.3 Å². The predicted octanol–water partition coefficient (Wildman–Crippen LogP) is 2.19. The van der Waals surface area contributed by atoms with Gasteiger partial charge in [0, 0.05) is 32.9 Å². The fraction of sp³-hybridized carbons (Fsp3) is 0.529. The van der Waals surface area contributed by atoms with Crippen LogP contribution in [0.5, 0.6) is 5.75 Å². The van der Waals surface area contributed by atoms with Crippen molar-refractivity contribution in [2.75, 3.05) is 45.8 Å². The van der Waals surface area contributed by atoms with E-state index in [2.05, 4.69) is 21.9 Å². The summed E-state index contributed by atoms with van der Waals surface area (Å²) in [6.45, 7) is 4.33. The smallest absolute Gasteiger partial charge is 0.259 e. The van der Waals surface area contributed by atoms with Gasteiger partial charge in [-0.1, -0.05) is 12.1 Å². The van der Waals surface area contributed by atoms with Crippen LogP contribution in [-0.2, 0) is 11.3 Å². The van der Waals surface area contributed by atoms with E-state index in [0.717, 1.165) is 30.4 Å². The highest BCUT2D eigenvalue weighted by Crippen LogP contribution is 2.14. The minimum absolute atomic E-state index is 0. The first kappa shape index (κ1) is 23.8. The second-order valence-corrected chi connectivity index (χ2v) is 6.32. The van der Waals surface area contributed by atoms with Gasteiger partial charge in [0.05, 0.1) is 6.54 Å². The number of nitrogens with zero attached hydrogens (tertiary/aromatic N) is 2. The molecule has 0 aliphatic heterocycles. The van der Waals surface area contributed by atoms with Crippen molar-refractivity contribution >= 4 is 47.6 Å². The molecule has 1 amide bonds. The van der Waals surface area contributed by atoms with E-state index in [1.54, 1.807) is 25.9 Å². The molecule has 0 saturated heterocycles. The van der Waals surface area contributed by atoms with E-state index in [0.29, 0.717) is 12.3 Å². The monoisotopic (exact) mass is 480 g/mol. The Morgan fingerprint density at radius 2 is 2.08 bits per heavy atom. The van der Waals surface area contributed by atoms with Crippen LogP contribution in [0.4, 0.5) is 0 Å². The van der Waals surface area contributed by atoms with Gasteiger partial charge in [0.25, 0.3) is 5.91 Å². The zero-order chi connectivity index (χ0) is 17.8. The zero-order valence-corrected chi connectivity index (χ0v) is 18.5. The average molecular weight is 480 g/mol. The standard InChI is InChI=1S/C17H28N4O2S.HI/c1-5-18-17(19-9-10-24-4)20-12-14-7-6-8-15(11-14)23-13-16(22)21(2)3;/h6-8,11H,5,9-10,12-13H2,1-4H3,(H2,18,19,20);1H. The van der Waals surface area contributed by atoms with Gasteiger partial charge in [-0.25, -0.2) is 4.99 Å². The molecular weight excluding hydrogens is 451 g/mol. The summed E-state index contributed by atoms with van der Waals surface area (Å²) in [5.74, 6) is 2.46. The number of thioether (sulfide) groups is 1. The topological polar surface area (TPSA) is 66.0 Å². The molecule has 0 aromatic heterocycles. The molecule has 6 nitrogen and oxygen atoms in total. The van der Waals surface area contributed by atoms with Crippen molar-refractivity contribution in [2.45, 2.75) is 13.5 Å². The fourth-order valence-electron chi connectivity index (χ4n) is 1.79. The summed E-state index contributed by atoms with van der Waals surface area (Å²) in [6.07, 6.45) is 2.08. The van der Waals surface area contributed by atoms with E-state index in [-0.39, 0.29) is 36.5 Å². The molecule has 1 aromatic rings. The van der Waals surface area contributed by atoms with Gasteiger partial charge >= 0.3 is 0 Å². The van der Waals surface area contributed by atoms with Crippen LogP contribution in [0.1, 0.15) is 12.5 Å². The number of benzene rings is 1. The van der Waals surface area contributed by atoms with Gasteiger partial charge in [-0.2, -0.15) is 11.8 Å². The van der Waals surface area contributed by atoms with Crippen LogP contribution < -0.4 is 15.4 Å². The lowest BCUT2D eigenvalue weighted by Crippen LogP contribution is -2.38. The highest BCUT2D eigenvalue weighted by atomic mass is 127. The van der Waals surface area contributed by atoms with Crippen molar-refractivity contribution in [1.29, 1.82) is 0 Å². The Balaban J connectivity index is 0.00000576. The van der Waals surface area contributed by atoms with Crippen LogP contribution in [0.3, 0.4) is 0 Å². The Bertz CT molecular complexity index is 541. The van der Waals surface area contributed by atoms with Crippen LogP contribution in [0.2, 0.25) is 0 Å². The third kappa shape index (κ3) is 10.4. The van der Waals surface area contributed by atoms with Gasteiger partial charge in [0.15, 0.2) is 12.6 Å². The maximum Gasteiger partial charge on any atom is 0.259 e. The van der Waals surface area contributed by atoms with Gasteiger partial charge in [0.2, 0.25) is 0 Å². The first-order valence-corrected chi connectivity index (χ1v) is 9.39. The van der Waals surface area contributed by atoms with Gasteiger partial charge in [-0.15, -0.1) is 24.0 Å². The van der Waals surface area contributed by atoms with Crippen molar-refractivity contribution in [3.05, 3.63) is 29.8 Å². The Morgan fingerprint density at radius 1 is 1.32 bits per heavy atom. The number of nitrogens with one attached hydrogen (secondary N) is 2. The van der Waals surface area contributed by atoms with E-state index in [1.807, 2.05) is 31.2 Å². The lowest BCUT2D eigenvalue weighted by Gasteiger charge is -2.12. The molecule has 0 atom stereocenters. The van der Waals surface area contributed by atoms with Crippen LogP contribution in [0.25, 0.3) is 0 Å². The fourth-order valence-corrected chi connectivity index (χ4v) is 2.10. The molecule has 0 heterocycles. The van der Waals surface area contributed by atoms with Crippen LogP contribution >= 0.6 is 35.7 Å². The lowest BCUT2D eigenvalue weighted by atomic mass is 10.2. The van der Waals surface area contributed by atoms with Gasteiger partial charge in [-0.3, -0.25) is 4.79 Å². The molecule has 1 aromatic carbocycles. The SMILES string of the molecule is CCNC(=NCc1cccc(OCC(=O)N(C)C)c1)NCCSC.I. The number of likely N-dealkylation sites (N-methyl/N-ethyl adjacent to an activating group) is 1. The van der Waals surface area contributed by atoms with E-state index in [9.17, 15) is 4.79 Å². The van der Waals surface area contributed by atoms with E-state index in [1.165, 1.54) is 4.90 Å². The van der Waals surface area contributed by atoms with Gasteiger partial charge in [0.1, 0.15) is 5.75 Å². The van der Waals surface area contributed by atoms with Crippen molar-refractivity contribution in [2.24, 2.45) is 4.99 Å². The zero-order valence-electron chi connectivity index (χ0n) is 15.4. The van der Waals surface area contributed by atoms with Crippen LogP contribution in [0, 0.1) is 0 Å². The molecule has 0 radical (unpaired) electrons. The molecule has 0 saturated carbocycles. The number of halogens is 1. The predicted molar refractivity (Wildman–Crippen MR) is 117 cm³/mol. The molecular formula is C17H29IN4O2S.